The molecule has 2 saturated heterocycles. The molecule has 15 unspecified atom stereocenters. The SMILES string of the molecule is CCC1CCN2C(=O)C(=O)C3(O)OC(C(OC)CC(C)CC(C)=CCC(=O)CC(O)C(C)C(C(C)=CC4CCC(O)(CCC(O)c5ccc6ccccc6c5)C(OC)C4)OC(=O)C2C1)C(OC)CC3C. The molecule has 388 valence electrons. The van der Waals surface area contributed by atoms with Crippen LogP contribution >= 0.6 is 0 Å². The van der Waals surface area contributed by atoms with E-state index in [0.717, 1.165) is 21.9 Å². The first-order valence-corrected chi connectivity index (χ1v) is 25.7. The molecule has 6 rings (SSSR count). The summed E-state index contributed by atoms with van der Waals surface area (Å²) in [5, 5.41) is 49.3. The van der Waals surface area contributed by atoms with Crippen LogP contribution < -0.4 is 0 Å². The number of carbonyl (C=O) groups excluding carboxylic acids is 4. The minimum absolute atomic E-state index is 0.0206. The second-order valence-corrected chi connectivity index (χ2v) is 21.4. The number of piperidine rings is 1. The lowest BCUT2D eigenvalue weighted by molar-refractivity contribution is -0.302. The van der Waals surface area contributed by atoms with Crippen LogP contribution in [0.15, 0.2) is 65.8 Å². The van der Waals surface area contributed by atoms with E-state index in [2.05, 4.69) is 0 Å². The summed E-state index contributed by atoms with van der Waals surface area (Å²) in [6.45, 7) is 11.2. The van der Waals surface area contributed by atoms with Gasteiger partial charge in [0.05, 0.1) is 36.1 Å². The fraction of sp³-hybridized carbons (Fsp3) is 0.679. The molecular formula is C56H81NO13. The van der Waals surface area contributed by atoms with Gasteiger partial charge in [-0.2, -0.15) is 0 Å². The highest BCUT2D eigenvalue weighted by atomic mass is 16.7. The van der Waals surface area contributed by atoms with Gasteiger partial charge in [-0.3, -0.25) is 14.4 Å². The molecule has 1 amide bonds. The average molecular weight is 976 g/mol. The number of esters is 1. The Balaban J connectivity index is 1.27. The van der Waals surface area contributed by atoms with Gasteiger partial charge in [-0.15, -0.1) is 0 Å². The summed E-state index contributed by atoms with van der Waals surface area (Å²) in [5.74, 6) is -7.42. The van der Waals surface area contributed by atoms with E-state index >= 15 is 0 Å². The van der Waals surface area contributed by atoms with Crippen LogP contribution in [-0.4, -0.2) is 131 Å². The molecule has 14 heteroatoms. The Labute approximate surface area is 415 Å². The second-order valence-electron chi connectivity index (χ2n) is 21.4. The number of ether oxygens (including phenoxy) is 5. The molecule has 0 radical (unpaired) electrons. The zero-order valence-electron chi connectivity index (χ0n) is 43.0. The van der Waals surface area contributed by atoms with Gasteiger partial charge in [-0.25, -0.2) is 4.79 Å². The predicted molar refractivity (Wildman–Crippen MR) is 265 cm³/mol. The predicted octanol–water partition coefficient (Wildman–Crippen LogP) is 7.51. The lowest BCUT2D eigenvalue weighted by atomic mass is 9.73. The molecule has 15 atom stereocenters. The molecule has 3 heterocycles. The van der Waals surface area contributed by atoms with Crippen LogP contribution in [0.25, 0.3) is 10.8 Å². The van der Waals surface area contributed by atoms with E-state index in [-0.39, 0.29) is 55.8 Å². The number of ketones is 2. The third-order valence-electron chi connectivity index (χ3n) is 16.3. The van der Waals surface area contributed by atoms with E-state index in [9.17, 15) is 39.6 Å². The smallest absolute Gasteiger partial charge is 0.329 e. The van der Waals surface area contributed by atoms with Gasteiger partial charge in [0.25, 0.3) is 11.7 Å². The minimum atomic E-state index is -2.54. The Morgan fingerprint density at radius 1 is 0.914 bits per heavy atom. The van der Waals surface area contributed by atoms with E-state index in [0.29, 0.717) is 63.4 Å². The standard InChI is InChI=1S/C56H81NO13/c1-10-38-21-24-57-44(29-38)54(63)69-50(35(4)27-39-19-22-55(64,49(30-39)68-9)23-20-45(59)42-17-16-40-13-11-12-14-41(40)31-42)37(6)46(60)32-43(58)18-15-33(2)25-34(3)26-47(66-7)51-48(67-8)28-36(5)56(65,70-51)52(61)53(57)62/h11-17,27,31,34,36-39,44-51,59-60,64-65H,10,18-26,28-30,32H2,1-9H3. The van der Waals surface area contributed by atoms with Gasteiger partial charge in [0.15, 0.2) is 0 Å². The van der Waals surface area contributed by atoms with Gasteiger partial charge in [-0.05, 0) is 124 Å². The van der Waals surface area contributed by atoms with Crippen LogP contribution in [0.1, 0.15) is 137 Å². The average Bonchev–Trinajstić information content (AvgIpc) is 3.35. The number of benzene rings is 2. The molecular weight excluding hydrogens is 895 g/mol. The number of aliphatic hydroxyl groups is 4. The molecule has 2 aromatic rings. The summed E-state index contributed by atoms with van der Waals surface area (Å²) >= 11 is 0. The van der Waals surface area contributed by atoms with E-state index in [1.54, 1.807) is 21.0 Å². The van der Waals surface area contributed by atoms with Crippen molar-refractivity contribution < 1.29 is 63.3 Å². The van der Waals surface area contributed by atoms with Crippen LogP contribution in [-0.2, 0) is 42.9 Å². The number of hydrogen-bond donors (Lipinski definition) is 4. The number of methoxy groups -OCH3 is 3. The van der Waals surface area contributed by atoms with Crippen molar-refractivity contribution in [1.82, 2.24) is 4.90 Å². The molecule has 14 nitrogen and oxygen atoms in total. The van der Waals surface area contributed by atoms with Crippen LogP contribution in [0.2, 0.25) is 0 Å². The first-order valence-electron chi connectivity index (χ1n) is 25.7. The van der Waals surface area contributed by atoms with Gasteiger partial charge in [0, 0.05) is 52.6 Å². The van der Waals surface area contributed by atoms with Gasteiger partial charge >= 0.3 is 5.97 Å². The lowest BCUT2D eigenvalue weighted by Gasteiger charge is -2.47. The maximum atomic E-state index is 14.8. The second kappa shape index (κ2) is 24.2. The Bertz CT molecular complexity index is 2190. The van der Waals surface area contributed by atoms with Gasteiger partial charge in [0.2, 0.25) is 5.79 Å². The normalized spacial score (nSPS) is 36.4. The molecule has 2 bridgehead atoms. The number of allylic oxidation sites excluding steroid dienone is 3. The molecule has 70 heavy (non-hydrogen) atoms. The molecule has 0 aromatic heterocycles. The summed E-state index contributed by atoms with van der Waals surface area (Å²) in [6, 6.07) is 12.6. The van der Waals surface area contributed by atoms with E-state index in [1.165, 1.54) is 19.1 Å². The van der Waals surface area contributed by atoms with Crippen molar-refractivity contribution >= 4 is 34.2 Å². The highest BCUT2D eigenvalue weighted by Crippen LogP contribution is 2.42. The number of nitrogens with zero attached hydrogens (tertiary/aromatic N) is 1. The number of carbonyl (C=O) groups is 4. The molecule has 4 N–H and O–H groups in total. The molecule has 3 fully saturated rings. The summed E-state index contributed by atoms with van der Waals surface area (Å²) in [5.41, 5.74) is 1.15. The maximum absolute atomic E-state index is 14.8. The number of aliphatic hydroxyl groups excluding tert-OH is 2. The van der Waals surface area contributed by atoms with E-state index in [1.807, 2.05) is 82.3 Å². The van der Waals surface area contributed by atoms with Crippen LogP contribution in [0.5, 0.6) is 0 Å². The van der Waals surface area contributed by atoms with E-state index in [4.69, 9.17) is 23.7 Å². The van der Waals surface area contributed by atoms with Crippen molar-refractivity contribution in [3.63, 3.8) is 0 Å². The summed E-state index contributed by atoms with van der Waals surface area (Å²) in [4.78, 5) is 58.5. The topological polar surface area (TPSA) is 199 Å². The number of Topliss-reactive ketones (excluding diaryl/α,β-unsaturated/α-hetero) is 2. The summed E-state index contributed by atoms with van der Waals surface area (Å²) in [6.07, 6.45) is 2.80. The fourth-order valence-electron chi connectivity index (χ4n) is 11.7. The largest absolute Gasteiger partial charge is 0.456 e. The maximum Gasteiger partial charge on any atom is 0.329 e. The van der Waals surface area contributed by atoms with E-state index < -0.39 is 89.7 Å². The highest BCUT2D eigenvalue weighted by Gasteiger charge is 2.57. The Morgan fingerprint density at radius 3 is 2.30 bits per heavy atom. The minimum Gasteiger partial charge on any atom is -0.456 e. The van der Waals surface area contributed by atoms with Gasteiger partial charge in [0.1, 0.15) is 24.0 Å². The third kappa shape index (κ3) is 12.8. The zero-order chi connectivity index (χ0) is 51.1. The van der Waals surface area contributed by atoms with Crippen LogP contribution in [0.4, 0.5) is 0 Å². The first kappa shape index (κ1) is 55.5. The molecule has 4 aliphatic rings. The zero-order valence-corrected chi connectivity index (χ0v) is 43.0. The molecule has 1 aliphatic carbocycles. The van der Waals surface area contributed by atoms with Crippen LogP contribution in [0.3, 0.4) is 0 Å². The summed E-state index contributed by atoms with van der Waals surface area (Å²) in [7, 11) is 4.62. The Hall–Kier alpha value is -3.86. The summed E-state index contributed by atoms with van der Waals surface area (Å²) < 4.78 is 30.4. The highest BCUT2D eigenvalue weighted by molar-refractivity contribution is 6.39. The lowest BCUT2D eigenvalue weighted by Crippen LogP contribution is -2.64. The molecule has 3 aliphatic heterocycles. The number of rotatable bonds is 10. The van der Waals surface area contributed by atoms with Crippen molar-refractivity contribution in [3.8, 4) is 0 Å². The van der Waals surface area contributed by atoms with Crippen molar-refractivity contribution in [2.24, 2.45) is 29.6 Å². The molecule has 1 saturated carbocycles. The fourth-order valence-corrected chi connectivity index (χ4v) is 11.7. The quantitative estimate of drug-likeness (QED) is 0.104. The number of hydrogen-bond acceptors (Lipinski definition) is 13. The molecule has 2 aromatic carbocycles. The number of cyclic esters (lactones) is 1. The van der Waals surface area contributed by atoms with Crippen LogP contribution in [0, 0.1) is 29.6 Å². The first-order chi connectivity index (χ1) is 33.2. The third-order valence-corrected chi connectivity index (χ3v) is 16.3. The Kier molecular flexibility index (Phi) is 19.2. The van der Waals surface area contributed by atoms with Crippen molar-refractivity contribution in [3.05, 3.63) is 71.3 Å². The van der Waals surface area contributed by atoms with Crippen molar-refractivity contribution in [1.29, 1.82) is 0 Å². The Morgan fingerprint density at radius 2 is 1.61 bits per heavy atom. The van der Waals surface area contributed by atoms with Gasteiger partial charge in [-0.1, -0.05) is 88.2 Å². The number of fused-ring (bicyclic) bond motifs is 4. The molecule has 0 spiro atoms. The number of amides is 1. The van der Waals surface area contributed by atoms with Crippen molar-refractivity contribution in [2.75, 3.05) is 27.9 Å². The van der Waals surface area contributed by atoms with Gasteiger partial charge < -0.3 is 49.0 Å². The van der Waals surface area contributed by atoms with Crippen molar-refractivity contribution in [2.45, 2.75) is 185 Å². The monoisotopic (exact) mass is 976 g/mol.